The monoisotopic (exact) mass is 351 g/mol. The molecule has 0 aliphatic heterocycles. The van der Waals surface area contributed by atoms with Crippen molar-refractivity contribution in [2.45, 2.75) is 19.2 Å². The molecular formula is C13H16F3N3O5. The average molecular weight is 351 g/mol. The maximum atomic E-state index is 11.4. The zero-order valence-electron chi connectivity index (χ0n) is 12.3. The predicted molar refractivity (Wildman–Crippen MR) is 75.0 cm³/mol. The Bertz CT molecular complexity index is 552. The number of amides is 2. The van der Waals surface area contributed by atoms with Crippen LogP contribution in [0.3, 0.4) is 0 Å². The fraction of sp³-hybridized carbons (Fsp3) is 0.308. The number of hydrogen-bond acceptors (Lipinski definition) is 5. The summed E-state index contributed by atoms with van der Waals surface area (Å²) in [6.45, 7) is 0.187. The Hall–Kier alpha value is -2.82. The lowest BCUT2D eigenvalue weighted by atomic mass is 10.2. The van der Waals surface area contributed by atoms with E-state index in [4.69, 9.17) is 26.2 Å². The standard InChI is InChI=1S/C11H15N3O3.C2HF3O2/c12-10(15)6-7-14(13)11(16)17-8-9-4-2-1-3-5-9;3-2(4,5)1(6)7/h1-5H,6-8,13H2,(H2,12,15);(H,6,7). The number of benzene rings is 1. The van der Waals surface area contributed by atoms with E-state index in [1.54, 1.807) is 0 Å². The van der Waals surface area contributed by atoms with Crippen LogP contribution in [0.25, 0.3) is 0 Å². The van der Waals surface area contributed by atoms with E-state index in [0.717, 1.165) is 10.6 Å². The van der Waals surface area contributed by atoms with Gasteiger partial charge in [-0.3, -0.25) is 4.79 Å². The molecule has 0 saturated heterocycles. The van der Waals surface area contributed by atoms with Crippen LogP contribution in [0.5, 0.6) is 0 Å². The third-order valence-corrected chi connectivity index (χ3v) is 2.28. The third kappa shape index (κ3) is 10.00. The van der Waals surface area contributed by atoms with Crippen molar-refractivity contribution < 1.29 is 37.4 Å². The van der Waals surface area contributed by atoms with Crippen LogP contribution < -0.4 is 11.6 Å². The second kappa shape index (κ2) is 10.0. The van der Waals surface area contributed by atoms with E-state index in [2.05, 4.69) is 0 Å². The van der Waals surface area contributed by atoms with Gasteiger partial charge in [-0.15, -0.1) is 0 Å². The summed E-state index contributed by atoms with van der Waals surface area (Å²) in [6, 6.07) is 9.22. The molecule has 2 amide bonds. The fourth-order valence-electron chi connectivity index (χ4n) is 1.12. The second-order valence-corrected chi connectivity index (χ2v) is 4.25. The number of carbonyl (C=O) groups excluding carboxylic acids is 2. The predicted octanol–water partition coefficient (Wildman–Crippen LogP) is 1.01. The quantitative estimate of drug-likeness (QED) is 0.411. The van der Waals surface area contributed by atoms with E-state index >= 15 is 0 Å². The summed E-state index contributed by atoms with van der Waals surface area (Å²) in [5, 5.41) is 7.95. The van der Waals surface area contributed by atoms with Crippen LogP contribution in [0, 0.1) is 0 Å². The summed E-state index contributed by atoms with van der Waals surface area (Å²) in [4.78, 5) is 30.7. The normalized spacial score (nSPS) is 10.2. The smallest absolute Gasteiger partial charge is 0.475 e. The number of alkyl halides is 3. The minimum absolute atomic E-state index is 0.0109. The van der Waals surface area contributed by atoms with Gasteiger partial charge in [0, 0.05) is 13.0 Å². The highest BCUT2D eigenvalue weighted by molar-refractivity contribution is 5.75. The Kier molecular flexibility index (Phi) is 8.87. The number of carbonyl (C=O) groups is 3. The summed E-state index contributed by atoms with van der Waals surface area (Å²) in [5.74, 6) is 2.11. The van der Waals surface area contributed by atoms with Crippen molar-refractivity contribution in [1.82, 2.24) is 5.01 Å². The molecule has 0 saturated carbocycles. The average Bonchev–Trinajstić information content (AvgIpc) is 2.50. The van der Waals surface area contributed by atoms with Crippen molar-refractivity contribution in [3.8, 4) is 0 Å². The Morgan fingerprint density at radius 2 is 1.67 bits per heavy atom. The summed E-state index contributed by atoms with van der Waals surface area (Å²) in [7, 11) is 0. The Balaban J connectivity index is 0.000000640. The summed E-state index contributed by atoms with van der Waals surface area (Å²) >= 11 is 0. The van der Waals surface area contributed by atoms with Crippen LogP contribution in [0.1, 0.15) is 12.0 Å². The number of nitrogens with two attached hydrogens (primary N) is 2. The maximum absolute atomic E-state index is 11.4. The number of nitrogens with zero attached hydrogens (tertiary/aromatic N) is 1. The van der Waals surface area contributed by atoms with E-state index < -0.39 is 24.1 Å². The van der Waals surface area contributed by atoms with Crippen molar-refractivity contribution in [1.29, 1.82) is 0 Å². The highest BCUT2D eigenvalue weighted by Gasteiger charge is 2.38. The molecule has 1 aromatic rings. The number of aliphatic carboxylic acids is 1. The molecule has 0 atom stereocenters. The van der Waals surface area contributed by atoms with Crippen LogP contribution in [0.4, 0.5) is 18.0 Å². The lowest BCUT2D eigenvalue weighted by Crippen LogP contribution is -2.39. The zero-order valence-corrected chi connectivity index (χ0v) is 12.3. The van der Waals surface area contributed by atoms with E-state index in [9.17, 15) is 22.8 Å². The van der Waals surface area contributed by atoms with Gasteiger partial charge in [-0.1, -0.05) is 30.3 Å². The van der Waals surface area contributed by atoms with Gasteiger partial charge in [0.1, 0.15) is 6.61 Å². The van der Waals surface area contributed by atoms with Gasteiger partial charge in [-0.25, -0.2) is 20.4 Å². The van der Waals surface area contributed by atoms with E-state index in [1.165, 1.54) is 0 Å². The van der Waals surface area contributed by atoms with Crippen molar-refractivity contribution in [2.24, 2.45) is 11.6 Å². The molecule has 134 valence electrons. The van der Waals surface area contributed by atoms with Gasteiger partial charge in [0.15, 0.2) is 0 Å². The van der Waals surface area contributed by atoms with Crippen molar-refractivity contribution in [3.63, 3.8) is 0 Å². The van der Waals surface area contributed by atoms with E-state index in [0.29, 0.717) is 0 Å². The SMILES string of the molecule is NC(=O)CCN(N)C(=O)OCc1ccccc1.O=C(O)C(F)(F)F. The molecule has 0 heterocycles. The highest BCUT2D eigenvalue weighted by atomic mass is 19.4. The number of halogens is 3. The van der Waals surface area contributed by atoms with Gasteiger partial charge < -0.3 is 15.6 Å². The maximum Gasteiger partial charge on any atom is 0.490 e. The van der Waals surface area contributed by atoms with Gasteiger partial charge in [-0.05, 0) is 5.56 Å². The number of primary amides is 1. The van der Waals surface area contributed by atoms with Crippen molar-refractivity contribution >= 4 is 18.0 Å². The van der Waals surface area contributed by atoms with Crippen LogP contribution in [0.2, 0.25) is 0 Å². The number of ether oxygens (including phenoxy) is 1. The molecule has 8 nitrogen and oxygen atoms in total. The van der Waals surface area contributed by atoms with Gasteiger partial charge in [0.25, 0.3) is 0 Å². The largest absolute Gasteiger partial charge is 0.490 e. The Labute approximate surface area is 134 Å². The summed E-state index contributed by atoms with van der Waals surface area (Å²) in [5.41, 5.74) is 5.80. The van der Waals surface area contributed by atoms with Gasteiger partial charge in [0.05, 0.1) is 0 Å². The molecule has 1 aromatic carbocycles. The van der Waals surface area contributed by atoms with Crippen LogP contribution in [-0.4, -0.2) is 40.8 Å². The molecule has 0 aliphatic rings. The van der Waals surface area contributed by atoms with E-state index in [-0.39, 0.29) is 19.6 Å². The van der Waals surface area contributed by atoms with Crippen molar-refractivity contribution in [3.05, 3.63) is 35.9 Å². The lowest BCUT2D eigenvalue weighted by Gasteiger charge is -2.15. The summed E-state index contributed by atoms with van der Waals surface area (Å²) in [6.07, 6.45) is -5.76. The third-order valence-electron chi connectivity index (χ3n) is 2.28. The molecule has 0 unspecified atom stereocenters. The topological polar surface area (TPSA) is 136 Å². The van der Waals surface area contributed by atoms with Crippen LogP contribution >= 0.6 is 0 Å². The highest BCUT2D eigenvalue weighted by Crippen LogP contribution is 2.13. The first kappa shape index (κ1) is 21.2. The number of carboxylic acid groups (broad SMARTS) is 1. The van der Waals surface area contributed by atoms with Gasteiger partial charge in [0.2, 0.25) is 5.91 Å². The van der Waals surface area contributed by atoms with E-state index in [1.807, 2.05) is 30.3 Å². The number of rotatable bonds is 5. The first-order valence-electron chi connectivity index (χ1n) is 6.35. The molecule has 0 aromatic heterocycles. The Morgan fingerprint density at radius 3 is 2.08 bits per heavy atom. The first-order chi connectivity index (χ1) is 11.0. The van der Waals surface area contributed by atoms with Crippen LogP contribution in [-0.2, 0) is 20.9 Å². The molecule has 0 bridgehead atoms. The van der Waals surface area contributed by atoms with Crippen molar-refractivity contribution in [2.75, 3.05) is 6.54 Å². The molecular weight excluding hydrogens is 335 g/mol. The molecule has 5 N–H and O–H groups in total. The number of hydrogen-bond donors (Lipinski definition) is 3. The second-order valence-electron chi connectivity index (χ2n) is 4.25. The molecule has 0 fully saturated rings. The molecule has 1 rings (SSSR count). The van der Waals surface area contributed by atoms with Crippen LogP contribution in [0.15, 0.2) is 30.3 Å². The Morgan fingerprint density at radius 1 is 1.17 bits per heavy atom. The van der Waals surface area contributed by atoms with Gasteiger partial charge in [-0.2, -0.15) is 13.2 Å². The summed E-state index contributed by atoms with van der Waals surface area (Å²) < 4.78 is 36.7. The lowest BCUT2D eigenvalue weighted by molar-refractivity contribution is -0.192. The molecule has 0 radical (unpaired) electrons. The fourth-order valence-corrected chi connectivity index (χ4v) is 1.12. The number of hydrazine groups is 1. The minimum atomic E-state index is -5.08. The molecule has 0 spiro atoms. The number of carboxylic acids is 1. The molecule has 11 heteroatoms. The zero-order chi connectivity index (χ0) is 18.8. The van der Waals surface area contributed by atoms with Gasteiger partial charge >= 0.3 is 18.2 Å². The first-order valence-corrected chi connectivity index (χ1v) is 6.35. The minimum Gasteiger partial charge on any atom is -0.475 e. The molecule has 24 heavy (non-hydrogen) atoms. The molecule has 0 aliphatic carbocycles.